The van der Waals surface area contributed by atoms with Gasteiger partial charge < -0.3 is 10.1 Å². The molecular formula is C15H12BrNO2. The van der Waals surface area contributed by atoms with Gasteiger partial charge >= 0.3 is 0 Å². The fourth-order valence-corrected chi connectivity index (χ4v) is 2.41. The van der Waals surface area contributed by atoms with Crippen LogP contribution in [-0.2, 0) is 4.79 Å². The Morgan fingerprint density at radius 1 is 1.16 bits per heavy atom. The standard InChI is InChI=1S/C15H12BrNO2/c16-10-5-7-11(8-6-10)17-15(18)13-9-19-14-4-2-1-3-12(13)14/h1-8,13H,9H2,(H,17,18). The van der Waals surface area contributed by atoms with Crippen LogP contribution in [0.1, 0.15) is 11.5 Å². The summed E-state index contributed by atoms with van der Waals surface area (Å²) in [6, 6.07) is 15.2. The van der Waals surface area contributed by atoms with E-state index < -0.39 is 0 Å². The largest absolute Gasteiger partial charge is 0.492 e. The topological polar surface area (TPSA) is 38.3 Å². The van der Waals surface area contributed by atoms with Crippen LogP contribution in [0.3, 0.4) is 0 Å². The fourth-order valence-electron chi connectivity index (χ4n) is 2.14. The van der Waals surface area contributed by atoms with Crippen LogP contribution >= 0.6 is 15.9 Å². The molecule has 96 valence electrons. The van der Waals surface area contributed by atoms with E-state index in [9.17, 15) is 4.79 Å². The first-order valence-corrected chi connectivity index (χ1v) is 6.81. The molecule has 1 aliphatic rings. The Kier molecular flexibility index (Phi) is 3.25. The van der Waals surface area contributed by atoms with Crippen molar-refractivity contribution < 1.29 is 9.53 Å². The Balaban J connectivity index is 1.77. The summed E-state index contributed by atoms with van der Waals surface area (Å²) in [5.74, 6) is 0.533. The summed E-state index contributed by atoms with van der Waals surface area (Å²) < 4.78 is 6.51. The van der Waals surface area contributed by atoms with Crippen molar-refractivity contribution in [2.75, 3.05) is 11.9 Å². The van der Waals surface area contributed by atoms with Gasteiger partial charge in [0.15, 0.2) is 0 Å². The van der Waals surface area contributed by atoms with Crippen LogP contribution in [0.25, 0.3) is 0 Å². The monoisotopic (exact) mass is 317 g/mol. The third-order valence-electron chi connectivity index (χ3n) is 3.13. The predicted molar refractivity (Wildman–Crippen MR) is 77.4 cm³/mol. The summed E-state index contributed by atoms with van der Waals surface area (Å²) in [5, 5.41) is 2.91. The van der Waals surface area contributed by atoms with Crippen LogP contribution < -0.4 is 10.1 Å². The quantitative estimate of drug-likeness (QED) is 0.919. The lowest BCUT2D eigenvalue weighted by Crippen LogP contribution is -2.22. The third-order valence-corrected chi connectivity index (χ3v) is 3.66. The van der Waals surface area contributed by atoms with Crippen LogP contribution in [0.2, 0.25) is 0 Å². The molecule has 0 fully saturated rings. The van der Waals surface area contributed by atoms with Gasteiger partial charge in [-0.25, -0.2) is 0 Å². The van der Waals surface area contributed by atoms with Crippen LogP contribution in [0, 0.1) is 0 Å². The van der Waals surface area contributed by atoms with E-state index in [1.54, 1.807) is 0 Å². The maximum Gasteiger partial charge on any atom is 0.235 e. The van der Waals surface area contributed by atoms with Gasteiger partial charge in [-0.2, -0.15) is 0 Å². The van der Waals surface area contributed by atoms with E-state index in [0.717, 1.165) is 21.5 Å². The van der Waals surface area contributed by atoms with Crippen LogP contribution in [0.15, 0.2) is 53.0 Å². The SMILES string of the molecule is O=C(Nc1ccc(Br)cc1)C1COc2ccccc21. The number of ether oxygens (including phenoxy) is 1. The van der Waals surface area contributed by atoms with Gasteiger partial charge in [0.25, 0.3) is 0 Å². The second-order valence-electron chi connectivity index (χ2n) is 4.40. The Hall–Kier alpha value is -1.81. The highest BCUT2D eigenvalue weighted by atomic mass is 79.9. The molecule has 3 rings (SSSR count). The minimum absolute atomic E-state index is 0.0349. The Bertz CT molecular complexity index is 610. The van der Waals surface area contributed by atoms with Crippen molar-refractivity contribution in [3.63, 3.8) is 0 Å². The number of amides is 1. The number of halogens is 1. The first-order valence-electron chi connectivity index (χ1n) is 6.02. The number of nitrogens with one attached hydrogen (secondary N) is 1. The van der Waals surface area contributed by atoms with E-state index in [2.05, 4.69) is 21.2 Å². The van der Waals surface area contributed by atoms with E-state index in [0.29, 0.717) is 6.61 Å². The van der Waals surface area contributed by atoms with Crippen molar-refractivity contribution in [2.45, 2.75) is 5.92 Å². The average Bonchev–Trinajstić information content (AvgIpc) is 2.85. The highest BCUT2D eigenvalue weighted by Gasteiger charge is 2.29. The molecule has 1 N–H and O–H groups in total. The lowest BCUT2D eigenvalue weighted by Gasteiger charge is -2.10. The zero-order valence-electron chi connectivity index (χ0n) is 10.1. The van der Waals surface area contributed by atoms with Gasteiger partial charge in [-0.3, -0.25) is 4.79 Å². The molecule has 19 heavy (non-hydrogen) atoms. The third kappa shape index (κ3) is 2.49. The number of hydrogen-bond donors (Lipinski definition) is 1. The molecule has 0 radical (unpaired) electrons. The second-order valence-corrected chi connectivity index (χ2v) is 5.31. The van der Waals surface area contributed by atoms with E-state index in [1.807, 2.05) is 48.5 Å². The van der Waals surface area contributed by atoms with E-state index >= 15 is 0 Å². The molecule has 0 aromatic heterocycles. The Labute approximate surface area is 119 Å². The molecule has 2 aromatic rings. The Morgan fingerprint density at radius 3 is 2.68 bits per heavy atom. The number of benzene rings is 2. The van der Waals surface area contributed by atoms with E-state index in [1.165, 1.54) is 0 Å². The smallest absolute Gasteiger partial charge is 0.235 e. The van der Waals surface area contributed by atoms with Crippen molar-refractivity contribution in [1.82, 2.24) is 0 Å². The number of rotatable bonds is 2. The van der Waals surface area contributed by atoms with Gasteiger partial charge in [0, 0.05) is 15.7 Å². The fraction of sp³-hybridized carbons (Fsp3) is 0.133. The molecule has 0 saturated heterocycles. The van der Waals surface area contributed by atoms with Crippen molar-refractivity contribution in [3.05, 3.63) is 58.6 Å². The van der Waals surface area contributed by atoms with Crippen LogP contribution in [-0.4, -0.2) is 12.5 Å². The maximum atomic E-state index is 12.3. The van der Waals surface area contributed by atoms with Gasteiger partial charge in [-0.15, -0.1) is 0 Å². The minimum Gasteiger partial charge on any atom is -0.492 e. The molecule has 1 heterocycles. The number of hydrogen-bond acceptors (Lipinski definition) is 2. The molecule has 4 heteroatoms. The first-order chi connectivity index (χ1) is 9.24. The molecule has 1 aliphatic heterocycles. The number of carbonyl (C=O) groups excluding carboxylic acids is 1. The minimum atomic E-state index is -0.236. The summed E-state index contributed by atoms with van der Waals surface area (Å²) in [6.07, 6.45) is 0. The second kappa shape index (κ2) is 5.05. The van der Waals surface area contributed by atoms with Crippen molar-refractivity contribution in [1.29, 1.82) is 0 Å². The Morgan fingerprint density at radius 2 is 1.89 bits per heavy atom. The van der Waals surface area contributed by atoms with E-state index in [4.69, 9.17) is 4.74 Å². The molecule has 0 spiro atoms. The van der Waals surface area contributed by atoms with Crippen LogP contribution in [0.5, 0.6) is 5.75 Å². The highest BCUT2D eigenvalue weighted by molar-refractivity contribution is 9.10. The van der Waals surface area contributed by atoms with Gasteiger partial charge in [-0.1, -0.05) is 34.1 Å². The van der Waals surface area contributed by atoms with Gasteiger partial charge in [0.05, 0.1) is 0 Å². The van der Waals surface area contributed by atoms with Gasteiger partial charge in [0.1, 0.15) is 18.3 Å². The number of para-hydroxylation sites is 1. The summed E-state index contributed by atoms with van der Waals surface area (Å²) in [6.45, 7) is 0.404. The van der Waals surface area contributed by atoms with E-state index in [-0.39, 0.29) is 11.8 Å². The normalized spacial score (nSPS) is 16.6. The van der Waals surface area contributed by atoms with Crippen molar-refractivity contribution in [2.24, 2.45) is 0 Å². The molecule has 0 saturated carbocycles. The van der Waals surface area contributed by atoms with Crippen LogP contribution in [0.4, 0.5) is 5.69 Å². The molecule has 1 atom stereocenters. The van der Waals surface area contributed by atoms with Crippen molar-refractivity contribution in [3.8, 4) is 5.75 Å². The maximum absolute atomic E-state index is 12.3. The van der Waals surface area contributed by atoms with Gasteiger partial charge in [-0.05, 0) is 30.3 Å². The molecule has 1 unspecified atom stereocenters. The molecular weight excluding hydrogens is 306 g/mol. The summed E-state index contributed by atoms with van der Waals surface area (Å²) in [4.78, 5) is 12.3. The number of carbonyl (C=O) groups is 1. The predicted octanol–water partition coefficient (Wildman–Crippen LogP) is 3.56. The highest BCUT2D eigenvalue weighted by Crippen LogP contribution is 2.34. The zero-order valence-corrected chi connectivity index (χ0v) is 11.7. The average molecular weight is 318 g/mol. The lowest BCUT2D eigenvalue weighted by atomic mass is 10.0. The number of anilines is 1. The summed E-state index contributed by atoms with van der Waals surface area (Å²) in [5.41, 5.74) is 1.75. The molecule has 0 bridgehead atoms. The lowest BCUT2D eigenvalue weighted by molar-refractivity contribution is -0.117. The van der Waals surface area contributed by atoms with Gasteiger partial charge in [0.2, 0.25) is 5.91 Å². The first kappa shape index (κ1) is 12.2. The molecule has 2 aromatic carbocycles. The van der Waals surface area contributed by atoms with Crippen molar-refractivity contribution >= 4 is 27.5 Å². The molecule has 1 amide bonds. The summed E-state index contributed by atoms with van der Waals surface area (Å²) >= 11 is 3.37. The zero-order chi connectivity index (χ0) is 13.2. The summed E-state index contributed by atoms with van der Waals surface area (Å²) in [7, 11) is 0. The molecule has 0 aliphatic carbocycles. The molecule has 3 nitrogen and oxygen atoms in total. The number of fused-ring (bicyclic) bond motifs is 1.